The third kappa shape index (κ3) is 17.0. The van der Waals surface area contributed by atoms with E-state index in [0.29, 0.717) is 10.8 Å². The average Bonchev–Trinajstić information content (AvgIpc) is 3.59. The van der Waals surface area contributed by atoms with Crippen LogP contribution < -0.4 is 0 Å². The van der Waals surface area contributed by atoms with E-state index in [1.165, 1.54) is 51.7 Å². The van der Waals surface area contributed by atoms with Crippen molar-refractivity contribution in [2.24, 2.45) is 27.7 Å². The van der Waals surface area contributed by atoms with Crippen LogP contribution in [0.4, 0.5) is 0 Å². The van der Waals surface area contributed by atoms with Crippen LogP contribution in [0.1, 0.15) is 104 Å². The van der Waals surface area contributed by atoms with Crippen LogP contribution in [0.2, 0.25) is 0 Å². The quantitative estimate of drug-likeness (QED) is 0.226. The van der Waals surface area contributed by atoms with Crippen LogP contribution in [0.15, 0.2) is 102 Å². The summed E-state index contributed by atoms with van der Waals surface area (Å²) in [5, 5.41) is 1.36. The second kappa shape index (κ2) is 18.5. The lowest BCUT2D eigenvalue weighted by Crippen LogP contribution is -2.08. The molecule has 0 saturated carbocycles. The summed E-state index contributed by atoms with van der Waals surface area (Å²) < 4.78 is 0. The summed E-state index contributed by atoms with van der Waals surface area (Å²) in [6, 6.07) is 27.9. The third-order valence-electron chi connectivity index (χ3n) is 7.07. The minimum absolute atomic E-state index is 0.352. The van der Waals surface area contributed by atoms with Gasteiger partial charge in [0.2, 0.25) is 0 Å². The Morgan fingerprint density at radius 1 is 0.667 bits per heavy atom. The summed E-state index contributed by atoms with van der Waals surface area (Å²) in [4.78, 5) is 7.57. The monoisotopic (exact) mass is 606 g/mol. The Balaban J connectivity index is 0.000000211. The SMILES string of the molecule is CC(C)(C)CC1=CCC=N1.CC(C)(C)Cc1c[nH]c2ccccc12.CC(C)Cc1ccccc1.Cc1ccc(CC(C)C)cc1. The maximum absolute atomic E-state index is 4.26. The summed E-state index contributed by atoms with van der Waals surface area (Å²) in [5.41, 5.74) is 8.89. The van der Waals surface area contributed by atoms with Gasteiger partial charge >= 0.3 is 0 Å². The van der Waals surface area contributed by atoms with Gasteiger partial charge in [0.25, 0.3) is 0 Å². The van der Waals surface area contributed by atoms with Gasteiger partial charge in [-0.05, 0) is 78.0 Å². The fourth-order valence-electron chi connectivity index (χ4n) is 5.20. The van der Waals surface area contributed by atoms with E-state index in [1.54, 1.807) is 0 Å². The molecule has 0 unspecified atom stereocenters. The topological polar surface area (TPSA) is 28.1 Å². The molecule has 0 spiro atoms. The van der Waals surface area contributed by atoms with Crippen LogP contribution in [-0.4, -0.2) is 11.2 Å². The van der Waals surface area contributed by atoms with Crippen LogP contribution in [0.3, 0.4) is 0 Å². The van der Waals surface area contributed by atoms with Crippen molar-refractivity contribution in [2.45, 2.75) is 108 Å². The summed E-state index contributed by atoms with van der Waals surface area (Å²) in [7, 11) is 0. The Kier molecular flexibility index (Phi) is 15.6. The van der Waals surface area contributed by atoms with Gasteiger partial charge in [0.05, 0.1) is 0 Å². The van der Waals surface area contributed by atoms with Gasteiger partial charge in [-0.3, -0.25) is 4.99 Å². The molecule has 0 bridgehead atoms. The van der Waals surface area contributed by atoms with Crippen LogP contribution >= 0.6 is 0 Å². The Bertz CT molecular complexity index is 1420. The van der Waals surface area contributed by atoms with E-state index in [4.69, 9.17) is 0 Å². The van der Waals surface area contributed by atoms with Crippen LogP contribution in [-0.2, 0) is 19.3 Å². The number of H-pyrrole nitrogens is 1. The van der Waals surface area contributed by atoms with Gasteiger partial charge in [-0.25, -0.2) is 0 Å². The summed E-state index contributed by atoms with van der Waals surface area (Å²) >= 11 is 0. The number of para-hydroxylation sites is 1. The maximum atomic E-state index is 4.26. The first kappa shape index (κ1) is 37.8. The van der Waals surface area contributed by atoms with Crippen LogP contribution in [0.5, 0.6) is 0 Å². The zero-order chi connectivity index (χ0) is 33.5. The van der Waals surface area contributed by atoms with Crippen molar-refractivity contribution in [1.82, 2.24) is 4.98 Å². The molecule has 0 atom stereocenters. The number of fused-ring (bicyclic) bond motifs is 1. The molecule has 1 aliphatic rings. The van der Waals surface area contributed by atoms with Gasteiger partial charge in [0.1, 0.15) is 0 Å². The largest absolute Gasteiger partial charge is 0.361 e. The van der Waals surface area contributed by atoms with Crippen molar-refractivity contribution in [3.8, 4) is 0 Å². The van der Waals surface area contributed by atoms with E-state index in [2.05, 4.69) is 177 Å². The molecular formula is C43H62N2. The second-order valence-corrected chi connectivity index (χ2v) is 15.7. The molecule has 0 radical (unpaired) electrons. The summed E-state index contributed by atoms with van der Waals surface area (Å²) in [6.45, 7) is 24.6. The van der Waals surface area contributed by atoms with Crippen molar-refractivity contribution < 1.29 is 0 Å². The third-order valence-corrected chi connectivity index (χ3v) is 7.07. The number of nitrogens with zero attached hydrogens (tertiary/aromatic N) is 1. The lowest BCUT2D eigenvalue weighted by Gasteiger charge is -2.17. The van der Waals surface area contributed by atoms with E-state index >= 15 is 0 Å². The molecule has 2 heterocycles. The van der Waals surface area contributed by atoms with Crippen molar-refractivity contribution in [3.05, 3.63) is 119 Å². The van der Waals surface area contributed by atoms with Crippen LogP contribution in [0, 0.1) is 29.6 Å². The number of hydrogen-bond acceptors (Lipinski definition) is 1. The van der Waals surface area contributed by atoms with E-state index in [1.807, 2.05) is 6.21 Å². The first-order valence-corrected chi connectivity index (χ1v) is 17.0. The zero-order valence-electron chi connectivity index (χ0n) is 30.4. The summed E-state index contributed by atoms with van der Waals surface area (Å²) in [5.74, 6) is 1.53. The fraction of sp³-hybridized carbons (Fsp3) is 0.465. The molecule has 1 N–H and O–H groups in total. The molecule has 0 saturated heterocycles. The molecular weight excluding hydrogens is 544 g/mol. The number of benzene rings is 3. The van der Waals surface area contributed by atoms with Gasteiger partial charge in [0, 0.05) is 35.4 Å². The number of aromatic nitrogens is 1. The molecule has 0 fully saturated rings. The van der Waals surface area contributed by atoms with Crippen molar-refractivity contribution >= 4 is 17.1 Å². The normalized spacial score (nSPS) is 12.6. The molecule has 244 valence electrons. The van der Waals surface area contributed by atoms with Crippen molar-refractivity contribution in [3.63, 3.8) is 0 Å². The number of aliphatic imine (C=N–C) groups is 1. The first-order chi connectivity index (χ1) is 21.1. The molecule has 2 nitrogen and oxygen atoms in total. The highest BCUT2D eigenvalue weighted by Gasteiger charge is 2.14. The predicted molar refractivity (Wildman–Crippen MR) is 201 cm³/mol. The lowest BCUT2D eigenvalue weighted by atomic mass is 9.88. The Hall–Kier alpha value is -3.39. The molecule has 4 aromatic rings. The molecule has 1 aromatic heterocycles. The Morgan fingerprint density at radius 3 is 1.71 bits per heavy atom. The molecule has 1 aliphatic heterocycles. The molecule has 0 aliphatic carbocycles. The van der Waals surface area contributed by atoms with E-state index in [0.717, 1.165) is 31.1 Å². The van der Waals surface area contributed by atoms with E-state index in [9.17, 15) is 0 Å². The maximum Gasteiger partial charge on any atom is 0.0456 e. The number of rotatable bonds is 6. The zero-order valence-corrected chi connectivity index (χ0v) is 30.4. The standard InChI is InChI=1S/C13H17N.C11H16.C10H14.C9H15N/c1-13(2,3)8-10-9-14-12-7-5-4-6-11(10)12;1-9(2)8-11-6-4-10(3)5-7-11;1-9(2)8-10-6-4-3-5-7-10;1-9(2,3)7-8-5-4-6-10-8/h4-7,9,14H,8H2,1-3H3;4-7,9H,8H2,1-3H3;3-7,9H,8H2,1-2H3;5-6H,4,7H2,1-3H3. The number of allylic oxidation sites excluding steroid dienone is 2. The smallest absolute Gasteiger partial charge is 0.0456 e. The van der Waals surface area contributed by atoms with Gasteiger partial charge < -0.3 is 4.98 Å². The van der Waals surface area contributed by atoms with Crippen LogP contribution in [0.25, 0.3) is 10.9 Å². The Morgan fingerprint density at radius 2 is 1.20 bits per heavy atom. The van der Waals surface area contributed by atoms with Gasteiger partial charge in [-0.1, -0.05) is 154 Å². The Labute approximate surface area is 276 Å². The summed E-state index contributed by atoms with van der Waals surface area (Å²) in [6.07, 6.45) is 12.0. The number of aryl methyl sites for hydroxylation is 1. The molecule has 0 amide bonds. The first-order valence-electron chi connectivity index (χ1n) is 17.0. The van der Waals surface area contributed by atoms with E-state index in [-0.39, 0.29) is 0 Å². The minimum atomic E-state index is 0.352. The van der Waals surface area contributed by atoms with Gasteiger partial charge in [-0.2, -0.15) is 0 Å². The van der Waals surface area contributed by atoms with E-state index < -0.39 is 0 Å². The molecule has 2 heteroatoms. The predicted octanol–water partition coefficient (Wildman–Crippen LogP) is 12.6. The lowest BCUT2D eigenvalue weighted by molar-refractivity contribution is 0.408. The van der Waals surface area contributed by atoms with Gasteiger partial charge in [-0.15, -0.1) is 0 Å². The molecule has 5 rings (SSSR count). The molecule has 45 heavy (non-hydrogen) atoms. The number of nitrogens with one attached hydrogen (secondary N) is 1. The van der Waals surface area contributed by atoms with Crippen molar-refractivity contribution in [2.75, 3.05) is 0 Å². The minimum Gasteiger partial charge on any atom is -0.361 e. The number of aromatic amines is 1. The van der Waals surface area contributed by atoms with Crippen molar-refractivity contribution in [1.29, 1.82) is 0 Å². The fourth-order valence-corrected chi connectivity index (χ4v) is 5.20. The molecule has 3 aromatic carbocycles. The highest BCUT2D eigenvalue weighted by Crippen LogP contribution is 2.27. The average molecular weight is 607 g/mol. The highest BCUT2D eigenvalue weighted by atomic mass is 14.7. The van der Waals surface area contributed by atoms with Gasteiger partial charge in [0.15, 0.2) is 0 Å². The number of hydrogen-bond donors (Lipinski definition) is 1. The second-order valence-electron chi connectivity index (χ2n) is 15.7. The highest BCUT2D eigenvalue weighted by molar-refractivity contribution is 5.83.